The Labute approximate surface area is 88.4 Å². The first-order valence-electron chi connectivity index (χ1n) is 3.16. The van der Waals surface area contributed by atoms with E-state index < -0.39 is 0 Å². The number of nitrogens with zero attached hydrogens (tertiary/aromatic N) is 1. The van der Waals surface area contributed by atoms with Crippen molar-refractivity contribution in [1.29, 1.82) is 5.26 Å². The van der Waals surface area contributed by atoms with Crippen LogP contribution in [0.15, 0.2) is 21.5 Å². The second kappa shape index (κ2) is 4.08. The Balaban J connectivity index is 3.18. The molecule has 0 N–H and O–H groups in total. The standard InChI is InChI=1S/C8H5BrClNS/c1-5(4-11)7(10)8-6(9)2-3-12-8/h2-3H,1H3. The van der Waals surface area contributed by atoms with Gasteiger partial charge in [-0.3, -0.25) is 0 Å². The molecule has 0 amide bonds. The number of halogens is 2. The van der Waals surface area contributed by atoms with Crippen LogP contribution in [0.4, 0.5) is 0 Å². The number of nitriles is 1. The monoisotopic (exact) mass is 261 g/mol. The average molecular weight is 263 g/mol. The summed E-state index contributed by atoms with van der Waals surface area (Å²) in [5, 5.41) is 11.0. The Morgan fingerprint density at radius 2 is 2.42 bits per heavy atom. The SMILES string of the molecule is CC(C#N)=C(Cl)c1sccc1Br. The Kier molecular flexibility index (Phi) is 3.33. The van der Waals surface area contributed by atoms with Crippen molar-refractivity contribution >= 4 is 43.9 Å². The molecule has 0 radical (unpaired) electrons. The highest BCUT2D eigenvalue weighted by molar-refractivity contribution is 9.10. The van der Waals surface area contributed by atoms with Gasteiger partial charge in [-0.2, -0.15) is 5.26 Å². The Bertz CT molecular complexity index is 361. The Hall–Kier alpha value is -0.300. The molecular formula is C8H5BrClNS. The van der Waals surface area contributed by atoms with Crippen LogP contribution in [-0.2, 0) is 0 Å². The van der Waals surface area contributed by atoms with Gasteiger partial charge in [-0.25, -0.2) is 0 Å². The summed E-state index contributed by atoms with van der Waals surface area (Å²) >= 11 is 10.8. The molecule has 4 heteroatoms. The molecule has 0 aliphatic heterocycles. The zero-order chi connectivity index (χ0) is 9.14. The summed E-state index contributed by atoms with van der Waals surface area (Å²) in [6, 6.07) is 3.92. The molecular weight excluding hydrogens is 258 g/mol. The van der Waals surface area contributed by atoms with Gasteiger partial charge in [0.2, 0.25) is 0 Å². The molecule has 62 valence electrons. The fraction of sp³-hybridized carbons (Fsp3) is 0.125. The topological polar surface area (TPSA) is 23.8 Å². The van der Waals surface area contributed by atoms with Gasteiger partial charge in [0.15, 0.2) is 0 Å². The first-order chi connectivity index (χ1) is 5.66. The molecule has 0 saturated heterocycles. The lowest BCUT2D eigenvalue weighted by molar-refractivity contribution is 1.46. The van der Waals surface area contributed by atoms with E-state index in [0.717, 1.165) is 9.35 Å². The quantitative estimate of drug-likeness (QED) is 0.702. The highest BCUT2D eigenvalue weighted by Gasteiger charge is 2.07. The van der Waals surface area contributed by atoms with Crippen molar-refractivity contribution in [3.05, 3.63) is 26.4 Å². The normalized spacial score (nSPS) is 12.2. The maximum absolute atomic E-state index is 8.59. The molecule has 0 spiro atoms. The van der Waals surface area contributed by atoms with Gasteiger partial charge in [-0.1, -0.05) is 11.6 Å². The number of hydrogen-bond acceptors (Lipinski definition) is 2. The minimum absolute atomic E-state index is 0.527. The Morgan fingerprint density at radius 1 is 1.75 bits per heavy atom. The molecule has 1 aromatic heterocycles. The van der Waals surface area contributed by atoms with Crippen LogP contribution in [-0.4, -0.2) is 0 Å². The predicted octanol–water partition coefficient (Wildman–Crippen LogP) is 4.00. The fourth-order valence-corrected chi connectivity index (χ4v) is 2.62. The van der Waals surface area contributed by atoms with Crippen LogP contribution >= 0.6 is 38.9 Å². The first-order valence-corrected chi connectivity index (χ1v) is 5.21. The first kappa shape index (κ1) is 9.79. The van der Waals surface area contributed by atoms with Gasteiger partial charge in [0.25, 0.3) is 0 Å². The van der Waals surface area contributed by atoms with Gasteiger partial charge in [0, 0.05) is 10.0 Å². The molecule has 1 aromatic rings. The van der Waals surface area contributed by atoms with E-state index >= 15 is 0 Å². The summed E-state index contributed by atoms with van der Waals surface area (Å²) in [6.07, 6.45) is 0. The molecule has 0 aromatic carbocycles. The molecule has 0 fully saturated rings. The zero-order valence-corrected chi connectivity index (χ0v) is 9.42. The summed E-state index contributed by atoms with van der Waals surface area (Å²) < 4.78 is 0.937. The molecule has 0 bridgehead atoms. The number of hydrogen-bond donors (Lipinski definition) is 0. The zero-order valence-electron chi connectivity index (χ0n) is 6.27. The molecule has 0 unspecified atom stereocenters. The van der Waals surface area contributed by atoms with Crippen molar-refractivity contribution in [1.82, 2.24) is 0 Å². The lowest BCUT2D eigenvalue weighted by Gasteiger charge is -1.95. The van der Waals surface area contributed by atoms with Crippen LogP contribution in [0.2, 0.25) is 0 Å². The molecule has 0 aliphatic carbocycles. The summed E-state index contributed by atoms with van der Waals surface area (Å²) in [4.78, 5) is 0.913. The molecule has 0 saturated carbocycles. The number of allylic oxidation sites excluding steroid dienone is 1. The highest BCUT2D eigenvalue weighted by atomic mass is 79.9. The van der Waals surface area contributed by atoms with Gasteiger partial charge >= 0.3 is 0 Å². The molecule has 0 atom stereocenters. The number of thiophene rings is 1. The van der Waals surface area contributed by atoms with Gasteiger partial charge in [0.05, 0.1) is 16.0 Å². The number of rotatable bonds is 1. The third-order valence-electron chi connectivity index (χ3n) is 1.31. The van der Waals surface area contributed by atoms with E-state index in [9.17, 15) is 0 Å². The molecule has 12 heavy (non-hydrogen) atoms. The van der Waals surface area contributed by atoms with Crippen LogP contribution in [0.3, 0.4) is 0 Å². The summed E-state index contributed by atoms with van der Waals surface area (Å²) in [5.41, 5.74) is 0.541. The van der Waals surface area contributed by atoms with Gasteiger partial charge in [0.1, 0.15) is 0 Å². The second-order valence-electron chi connectivity index (χ2n) is 2.15. The van der Waals surface area contributed by atoms with E-state index in [4.69, 9.17) is 16.9 Å². The molecule has 1 nitrogen and oxygen atoms in total. The second-order valence-corrected chi connectivity index (χ2v) is 4.30. The van der Waals surface area contributed by atoms with Crippen molar-refractivity contribution in [3.8, 4) is 6.07 Å². The smallest absolute Gasteiger partial charge is 0.0960 e. The van der Waals surface area contributed by atoms with E-state index in [1.165, 1.54) is 11.3 Å². The fourth-order valence-electron chi connectivity index (χ4n) is 0.670. The maximum Gasteiger partial charge on any atom is 0.0960 e. The van der Waals surface area contributed by atoms with E-state index in [0.29, 0.717) is 10.6 Å². The van der Waals surface area contributed by atoms with Gasteiger partial charge in [-0.05, 0) is 34.3 Å². The molecule has 1 rings (SSSR count). The van der Waals surface area contributed by atoms with Gasteiger partial charge in [-0.15, -0.1) is 11.3 Å². The predicted molar refractivity (Wildman–Crippen MR) is 56.1 cm³/mol. The lowest BCUT2D eigenvalue weighted by Crippen LogP contribution is -1.75. The van der Waals surface area contributed by atoms with E-state index in [1.807, 2.05) is 17.5 Å². The summed E-state index contributed by atoms with van der Waals surface area (Å²) in [5.74, 6) is 0. The average Bonchev–Trinajstić information content (AvgIpc) is 2.48. The van der Waals surface area contributed by atoms with Crippen molar-refractivity contribution in [2.75, 3.05) is 0 Å². The van der Waals surface area contributed by atoms with Crippen molar-refractivity contribution < 1.29 is 0 Å². The van der Waals surface area contributed by atoms with Crippen LogP contribution < -0.4 is 0 Å². The largest absolute Gasteiger partial charge is 0.193 e. The maximum atomic E-state index is 8.59. The van der Waals surface area contributed by atoms with E-state index in [2.05, 4.69) is 15.9 Å². The van der Waals surface area contributed by atoms with E-state index in [-0.39, 0.29) is 0 Å². The van der Waals surface area contributed by atoms with Crippen LogP contribution in [0.5, 0.6) is 0 Å². The van der Waals surface area contributed by atoms with Crippen molar-refractivity contribution in [2.45, 2.75) is 6.92 Å². The van der Waals surface area contributed by atoms with Gasteiger partial charge < -0.3 is 0 Å². The highest BCUT2D eigenvalue weighted by Crippen LogP contribution is 2.33. The summed E-state index contributed by atoms with van der Waals surface area (Å²) in [7, 11) is 0. The van der Waals surface area contributed by atoms with Crippen LogP contribution in [0.25, 0.3) is 5.03 Å². The minimum atomic E-state index is 0.527. The minimum Gasteiger partial charge on any atom is -0.193 e. The van der Waals surface area contributed by atoms with E-state index in [1.54, 1.807) is 6.92 Å². The van der Waals surface area contributed by atoms with Crippen LogP contribution in [0, 0.1) is 11.3 Å². The Morgan fingerprint density at radius 3 is 2.83 bits per heavy atom. The third-order valence-corrected chi connectivity index (χ3v) is 3.75. The molecule has 0 aliphatic rings. The molecule has 1 heterocycles. The van der Waals surface area contributed by atoms with Crippen molar-refractivity contribution in [2.24, 2.45) is 0 Å². The van der Waals surface area contributed by atoms with Crippen LogP contribution in [0.1, 0.15) is 11.8 Å². The summed E-state index contributed by atoms with van der Waals surface area (Å²) in [6.45, 7) is 1.70. The van der Waals surface area contributed by atoms with Crippen molar-refractivity contribution in [3.63, 3.8) is 0 Å². The lowest BCUT2D eigenvalue weighted by atomic mass is 10.3. The third kappa shape index (κ3) is 1.89.